The van der Waals surface area contributed by atoms with Gasteiger partial charge >= 0.3 is 0 Å². The van der Waals surface area contributed by atoms with Crippen molar-refractivity contribution in [3.8, 4) is 0 Å². The zero-order valence-electron chi connectivity index (χ0n) is 6.28. The first-order valence-corrected chi connectivity index (χ1v) is 3.18. The van der Waals surface area contributed by atoms with Crippen LogP contribution in [-0.4, -0.2) is 37.6 Å². The summed E-state index contributed by atoms with van der Waals surface area (Å²) in [7, 11) is 0. The van der Waals surface area contributed by atoms with Crippen molar-refractivity contribution < 1.29 is 30.5 Å². The normalized spacial score (nSPS) is 27.4. The smallest absolute Gasteiger partial charge is 0.284 e. The summed E-state index contributed by atoms with van der Waals surface area (Å²) in [5.41, 5.74) is -0.309. The standard InChI is InChI=1S/C6H7NO6/c8-5-2-1-4(7(10)11)3-6(5,9)13-12/h1-3,9-12H/t6-/m0/s1. The Morgan fingerprint density at radius 2 is 2.00 bits per heavy atom. The van der Waals surface area contributed by atoms with Gasteiger partial charge in [-0.15, -0.1) is 5.23 Å². The Kier molecular flexibility index (Phi) is 2.45. The Bertz CT molecular complexity index is 283. The number of aliphatic hydroxyl groups is 1. The molecule has 0 radical (unpaired) electrons. The van der Waals surface area contributed by atoms with E-state index in [1.807, 2.05) is 0 Å². The molecule has 0 spiro atoms. The minimum absolute atomic E-state index is 0.309. The lowest BCUT2D eigenvalue weighted by molar-refractivity contribution is -0.356. The fraction of sp³-hybridized carbons (Fsp3) is 0.167. The van der Waals surface area contributed by atoms with Gasteiger partial charge in [0.2, 0.25) is 5.78 Å². The van der Waals surface area contributed by atoms with Crippen LogP contribution in [0.2, 0.25) is 0 Å². The summed E-state index contributed by atoms with van der Waals surface area (Å²) in [5, 5.41) is 34.0. The van der Waals surface area contributed by atoms with Crippen molar-refractivity contribution in [3.05, 3.63) is 23.9 Å². The van der Waals surface area contributed by atoms with E-state index in [1.54, 1.807) is 0 Å². The van der Waals surface area contributed by atoms with Crippen molar-refractivity contribution in [2.75, 3.05) is 0 Å². The zero-order valence-corrected chi connectivity index (χ0v) is 6.28. The second-order valence-electron chi connectivity index (χ2n) is 2.34. The van der Waals surface area contributed by atoms with Gasteiger partial charge in [0.05, 0.1) is 5.70 Å². The highest BCUT2D eigenvalue weighted by molar-refractivity contribution is 5.98. The summed E-state index contributed by atoms with van der Waals surface area (Å²) in [6, 6.07) is 0. The maximum absolute atomic E-state index is 10.9. The van der Waals surface area contributed by atoms with Crippen LogP contribution in [0, 0.1) is 0 Å². The first kappa shape index (κ1) is 9.84. The van der Waals surface area contributed by atoms with Crippen LogP contribution in [0.1, 0.15) is 0 Å². The molecule has 4 N–H and O–H groups in total. The molecular weight excluding hydrogens is 182 g/mol. The molecule has 0 bridgehead atoms. The second-order valence-corrected chi connectivity index (χ2v) is 2.34. The Balaban J connectivity index is 3.00. The molecule has 0 aromatic rings. The molecule has 0 aromatic heterocycles. The third-order valence-corrected chi connectivity index (χ3v) is 1.47. The fourth-order valence-electron chi connectivity index (χ4n) is 0.796. The van der Waals surface area contributed by atoms with Crippen molar-refractivity contribution in [1.82, 2.24) is 5.23 Å². The van der Waals surface area contributed by atoms with Gasteiger partial charge in [0.25, 0.3) is 5.79 Å². The van der Waals surface area contributed by atoms with Crippen molar-refractivity contribution in [1.29, 1.82) is 0 Å². The molecule has 7 nitrogen and oxygen atoms in total. The van der Waals surface area contributed by atoms with Gasteiger partial charge in [-0.3, -0.25) is 15.2 Å². The van der Waals surface area contributed by atoms with Gasteiger partial charge in [0.1, 0.15) is 0 Å². The van der Waals surface area contributed by atoms with Crippen LogP contribution in [0.5, 0.6) is 0 Å². The number of allylic oxidation sites excluding steroid dienone is 1. The van der Waals surface area contributed by atoms with E-state index >= 15 is 0 Å². The summed E-state index contributed by atoms with van der Waals surface area (Å²) in [4.78, 5) is 14.4. The lowest BCUT2D eigenvalue weighted by Crippen LogP contribution is -2.40. The molecule has 7 heteroatoms. The third-order valence-electron chi connectivity index (χ3n) is 1.47. The highest BCUT2D eigenvalue weighted by Gasteiger charge is 2.37. The molecule has 13 heavy (non-hydrogen) atoms. The summed E-state index contributed by atoms with van der Waals surface area (Å²) < 4.78 is 0. The Morgan fingerprint density at radius 1 is 1.38 bits per heavy atom. The highest BCUT2D eigenvalue weighted by Crippen LogP contribution is 2.19. The van der Waals surface area contributed by atoms with Crippen molar-refractivity contribution in [3.63, 3.8) is 0 Å². The van der Waals surface area contributed by atoms with E-state index < -0.39 is 11.6 Å². The molecule has 1 aliphatic rings. The topological polar surface area (TPSA) is 110 Å². The molecule has 0 unspecified atom stereocenters. The van der Waals surface area contributed by atoms with Crippen LogP contribution in [0.25, 0.3) is 0 Å². The molecule has 1 rings (SSSR count). The van der Waals surface area contributed by atoms with Gasteiger partial charge in [-0.25, -0.2) is 5.26 Å². The lowest BCUT2D eigenvalue weighted by atomic mass is 10.0. The first-order valence-electron chi connectivity index (χ1n) is 3.18. The Hall–Kier alpha value is -1.25. The number of hydrogen-bond donors (Lipinski definition) is 4. The number of carbonyl (C=O) groups is 1. The van der Waals surface area contributed by atoms with Crippen LogP contribution < -0.4 is 0 Å². The third kappa shape index (κ3) is 1.74. The molecule has 1 aliphatic carbocycles. The summed E-state index contributed by atoms with van der Waals surface area (Å²) >= 11 is 0. The minimum atomic E-state index is -2.56. The molecule has 0 aromatic carbocycles. The van der Waals surface area contributed by atoms with Gasteiger partial charge < -0.3 is 5.11 Å². The quantitative estimate of drug-likeness (QED) is 0.257. The number of ketones is 1. The van der Waals surface area contributed by atoms with Crippen molar-refractivity contribution >= 4 is 5.78 Å². The molecule has 0 fully saturated rings. The van der Waals surface area contributed by atoms with Crippen LogP contribution in [0.4, 0.5) is 0 Å². The van der Waals surface area contributed by atoms with Crippen molar-refractivity contribution in [2.45, 2.75) is 5.79 Å². The molecule has 0 heterocycles. The van der Waals surface area contributed by atoms with Crippen LogP contribution in [0.15, 0.2) is 23.9 Å². The number of hydroxylamine groups is 2. The molecule has 0 amide bonds. The van der Waals surface area contributed by atoms with Gasteiger partial charge in [-0.2, -0.15) is 4.89 Å². The summed E-state index contributed by atoms with van der Waals surface area (Å²) in [6.45, 7) is 0. The lowest BCUT2D eigenvalue weighted by Gasteiger charge is -2.22. The van der Waals surface area contributed by atoms with E-state index in [9.17, 15) is 4.79 Å². The SMILES string of the molecule is O=C1C=CC(N(O)O)=C[C@]1(O)OO. The maximum atomic E-state index is 10.9. The predicted molar refractivity (Wildman–Crippen MR) is 36.3 cm³/mol. The van der Waals surface area contributed by atoms with E-state index in [0.717, 1.165) is 12.2 Å². The van der Waals surface area contributed by atoms with E-state index in [4.69, 9.17) is 20.8 Å². The average molecular weight is 189 g/mol. The van der Waals surface area contributed by atoms with Gasteiger partial charge in [0.15, 0.2) is 0 Å². The maximum Gasteiger partial charge on any atom is 0.284 e. The van der Waals surface area contributed by atoms with E-state index in [1.165, 1.54) is 0 Å². The van der Waals surface area contributed by atoms with E-state index in [2.05, 4.69) is 4.89 Å². The number of carbonyl (C=O) groups excluding carboxylic acids is 1. The second kappa shape index (κ2) is 3.24. The van der Waals surface area contributed by atoms with Crippen LogP contribution in [-0.2, 0) is 9.68 Å². The molecule has 0 aliphatic heterocycles. The predicted octanol–water partition coefficient (Wildman–Crippen LogP) is -0.732. The van der Waals surface area contributed by atoms with Crippen molar-refractivity contribution in [2.24, 2.45) is 0 Å². The van der Waals surface area contributed by atoms with Crippen LogP contribution >= 0.6 is 0 Å². The average Bonchev–Trinajstić information content (AvgIpc) is 2.09. The minimum Gasteiger partial charge on any atom is -0.354 e. The Labute approximate surface area is 72.2 Å². The molecule has 1 atom stereocenters. The first-order chi connectivity index (χ1) is 5.99. The van der Waals surface area contributed by atoms with E-state index in [0.29, 0.717) is 6.08 Å². The molecule has 0 saturated heterocycles. The number of rotatable bonds is 2. The largest absolute Gasteiger partial charge is 0.354 e. The van der Waals surface area contributed by atoms with Gasteiger partial charge in [0, 0.05) is 6.08 Å². The zero-order chi connectivity index (χ0) is 10.1. The van der Waals surface area contributed by atoms with Gasteiger partial charge in [-0.05, 0) is 12.2 Å². The fourth-order valence-corrected chi connectivity index (χ4v) is 0.796. The molecule has 72 valence electrons. The van der Waals surface area contributed by atoms with Crippen LogP contribution in [0.3, 0.4) is 0 Å². The Morgan fingerprint density at radius 3 is 2.46 bits per heavy atom. The number of nitrogens with zero attached hydrogens (tertiary/aromatic N) is 1. The highest BCUT2D eigenvalue weighted by atomic mass is 17.1. The molecular formula is C6H7NO6. The number of hydrogen-bond acceptors (Lipinski definition) is 7. The van der Waals surface area contributed by atoms with E-state index in [-0.39, 0.29) is 10.9 Å². The molecule has 0 saturated carbocycles. The van der Waals surface area contributed by atoms with Gasteiger partial charge in [-0.1, -0.05) is 0 Å². The summed E-state index contributed by atoms with van der Waals surface area (Å²) in [6.07, 6.45) is 2.48. The monoisotopic (exact) mass is 189 g/mol. The summed E-state index contributed by atoms with van der Waals surface area (Å²) in [5.74, 6) is -3.49.